The lowest BCUT2D eigenvalue weighted by Crippen LogP contribution is -2.44. The van der Waals surface area contributed by atoms with E-state index in [0.717, 1.165) is 53.8 Å². The van der Waals surface area contributed by atoms with Gasteiger partial charge in [0.1, 0.15) is 29.0 Å². The Labute approximate surface area is 282 Å². The lowest BCUT2D eigenvalue weighted by atomic mass is 9.81. The molecule has 248 valence electrons. The highest BCUT2D eigenvalue weighted by atomic mass is 32.1. The molecule has 6 rings (SSSR count). The summed E-state index contributed by atoms with van der Waals surface area (Å²) in [5.41, 5.74) is 3.04. The van der Waals surface area contributed by atoms with Gasteiger partial charge in [-0.05, 0) is 68.1 Å². The van der Waals surface area contributed by atoms with Crippen LogP contribution in [0.5, 0.6) is 5.75 Å². The second kappa shape index (κ2) is 13.8. The minimum atomic E-state index is -1.76. The van der Waals surface area contributed by atoms with Crippen molar-refractivity contribution in [3.63, 3.8) is 0 Å². The zero-order valence-electron chi connectivity index (χ0n) is 27.0. The number of β-amino-alcohol motifs (C(OH)–C–C–N with tert-alkyl or cyclic N) is 1. The molecule has 11 heteroatoms. The summed E-state index contributed by atoms with van der Waals surface area (Å²) in [6.45, 7) is 7.48. The Morgan fingerprint density at radius 1 is 1.15 bits per heavy atom. The number of hydrogen-bond donors (Lipinski definition) is 2. The van der Waals surface area contributed by atoms with Crippen molar-refractivity contribution in [2.45, 2.75) is 57.7 Å². The first kappa shape index (κ1) is 33.3. The fourth-order valence-electron chi connectivity index (χ4n) is 6.45. The quantitative estimate of drug-likeness (QED) is 0.146. The van der Waals surface area contributed by atoms with E-state index < -0.39 is 23.2 Å². The summed E-state index contributed by atoms with van der Waals surface area (Å²) in [6, 6.07) is 16.2. The van der Waals surface area contributed by atoms with Crippen molar-refractivity contribution < 1.29 is 23.4 Å². The number of ether oxygens (including phenoxy) is 1. The third-order valence-corrected chi connectivity index (χ3v) is 10.1. The SMILES string of the molecule is Cc1cc(CN2C=CN(C[C@](O)(c3ccc(F)cc3F)[C@@H](C)c3nc(-c4ccc(C#N)cc4)cs3)C2)cc(C)c1OC(=O)[C@@H]1CCCN1. The molecule has 8 nitrogen and oxygen atoms in total. The van der Waals surface area contributed by atoms with Crippen LogP contribution in [0.25, 0.3) is 11.3 Å². The Bertz CT molecular complexity index is 1860. The van der Waals surface area contributed by atoms with Crippen molar-refractivity contribution in [3.05, 3.63) is 117 Å². The van der Waals surface area contributed by atoms with E-state index >= 15 is 4.39 Å². The summed E-state index contributed by atoms with van der Waals surface area (Å²) < 4.78 is 35.1. The lowest BCUT2D eigenvalue weighted by Gasteiger charge is -2.37. The molecule has 1 fully saturated rings. The van der Waals surface area contributed by atoms with Crippen LogP contribution in [0, 0.1) is 36.8 Å². The monoisotopic (exact) mass is 669 g/mol. The van der Waals surface area contributed by atoms with Crippen LogP contribution in [0.1, 0.15) is 58.5 Å². The Morgan fingerprint density at radius 2 is 1.88 bits per heavy atom. The molecule has 0 amide bonds. The molecule has 3 heterocycles. The first-order valence-electron chi connectivity index (χ1n) is 15.9. The molecule has 3 atom stereocenters. The Morgan fingerprint density at radius 3 is 2.54 bits per heavy atom. The summed E-state index contributed by atoms with van der Waals surface area (Å²) in [5, 5.41) is 27.1. The van der Waals surface area contributed by atoms with E-state index in [0.29, 0.717) is 35.2 Å². The van der Waals surface area contributed by atoms with E-state index in [9.17, 15) is 14.3 Å². The second-order valence-corrected chi connectivity index (χ2v) is 13.5. The number of thiazole rings is 1. The lowest BCUT2D eigenvalue weighted by molar-refractivity contribution is -0.136. The maximum atomic E-state index is 15.4. The molecule has 48 heavy (non-hydrogen) atoms. The first-order valence-corrected chi connectivity index (χ1v) is 16.8. The molecule has 0 bridgehead atoms. The third kappa shape index (κ3) is 6.97. The molecule has 0 unspecified atom stereocenters. The second-order valence-electron chi connectivity index (χ2n) is 12.6. The molecule has 1 saturated heterocycles. The first-order chi connectivity index (χ1) is 23.0. The van der Waals surface area contributed by atoms with E-state index in [-0.39, 0.29) is 24.1 Å². The summed E-state index contributed by atoms with van der Waals surface area (Å²) >= 11 is 1.35. The van der Waals surface area contributed by atoms with E-state index in [2.05, 4.69) is 16.3 Å². The van der Waals surface area contributed by atoms with Crippen molar-refractivity contribution in [2.75, 3.05) is 19.8 Å². The van der Waals surface area contributed by atoms with Gasteiger partial charge in [-0.25, -0.2) is 18.6 Å². The fourth-order valence-corrected chi connectivity index (χ4v) is 7.42. The van der Waals surface area contributed by atoms with E-state index in [1.807, 2.05) is 60.8 Å². The van der Waals surface area contributed by atoms with Gasteiger partial charge in [0.25, 0.3) is 0 Å². The van der Waals surface area contributed by atoms with Crippen molar-refractivity contribution >= 4 is 17.3 Å². The van der Waals surface area contributed by atoms with Crippen molar-refractivity contribution in [3.8, 4) is 23.1 Å². The number of aromatic nitrogens is 1. The minimum absolute atomic E-state index is 0.0115. The van der Waals surface area contributed by atoms with Crippen molar-refractivity contribution in [1.29, 1.82) is 5.26 Å². The predicted octanol–water partition coefficient (Wildman–Crippen LogP) is 6.47. The van der Waals surface area contributed by atoms with Gasteiger partial charge < -0.3 is 25.0 Å². The van der Waals surface area contributed by atoms with Gasteiger partial charge in [0.15, 0.2) is 0 Å². The molecule has 2 aliphatic heterocycles. The van der Waals surface area contributed by atoms with Crippen LogP contribution >= 0.6 is 11.3 Å². The molecular weight excluding hydrogens is 633 g/mol. The van der Waals surface area contributed by atoms with Crippen LogP contribution in [0.15, 0.2) is 72.4 Å². The number of hydrogen-bond acceptors (Lipinski definition) is 9. The molecule has 0 radical (unpaired) electrons. The number of halogens is 2. The summed E-state index contributed by atoms with van der Waals surface area (Å²) in [4.78, 5) is 21.4. The number of aliphatic hydroxyl groups is 1. The maximum absolute atomic E-state index is 15.4. The van der Waals surface area contributed by atoms with Gasteiger partial charge in [0.05, 0.1) is 35.5 Å². The smallest absolute Gasteiger partial charge is 0.328 e. The van der Waals surface area contributed by atoms with Gasteiger partial charge in [0, 0.05) is 47.4 Å². The Balaban J connectivity index is 1.18. The molecular formula is C37H37F2N5O3S. The number of benzene rings is 3. The minimum Gasteiger partial charge on any atom is -0.425 e. The molecule has 0 saturated carbocycles. The molecule has 0 spiro atoms. The zero-order chi connectivity index (χ0) is 34.0. The number of aryl methyl sites for hydroxylation is 2. The molecule has 3 aromatic carbocycles. The number of nitrogens with one attached hydrogen (secondary N) is 1. The number of nitriles is 1. The average Bonchev–Trinajstić information content (AvgIpc) is 3.86. The number of esters is 1. The van der Waals surface area contributed by atoms with Crippen LogP contribution in [-0.4, -0.2) is 51.7 Å². The summed E-state index contributed by atoms with van der Waals surface area (Å²) in [5.74, 6) is -1.88. The third-order valence-electron chi connectivity index (χ3n) is 9.07. The highest BCUT2D eigenvalue weighted by Gasteiger charge is 2.42. The van der Waals surface area contributed by atoms with E-state index in [4.69, 9.17) is 15.0 Å². The van der Waals surface area contributed by atoms with Crippen LogP contribution < -0.4 is 10.1 Å². The fraction of sp³-hybridized carbons (Fsp3) is 0.324. The molecule has 0 aliphatic carbocycles. The van der Waals surface area contributed by atoms with Crippen LogP contribution in [0.3, 0.4) is 0 Å². The van der Waals surface area contributed by atoms with E-state index in [1.165, 1.54) is 17.4 Å². The topological polar surface area (TPSA) is 102 Å². The van der Waals surface area contributed by atoms with Crippen molar-refractivity contribution in [2.24, 2.45) is 0 Å². The van der Waals surface area contributed by atoms with E-state index in [1.54, 1.807) is 19.1 Å². The highest BCUT2D eigenvalue weighted by Crippen LogP contribution is 2.41. The van der Waals surface area contributed by atoms with Gasteiger partial charge in [-0.2, -0.15) is 5.26 Å². The molecule has 1 aromatic heterocycles. The average molecular weight is 670 g/mol. The molecule has 2 aliphatic rings. The molecule has 2 N–H and O–H groups in total. The number of carbonyl (C=O) groups is 1. The number of nitrogens with zero attached hydrogens (tertiary/aromatic N) is 4. The van der Waals surface area contributed by atoms with Gasteiger partial charge in [0.2, 0.25) is 0 Å². The van der Waals surface area contributed by atoms with Crippen LogP contribution in [0.2, 0.25) is 0 Å². The van der Waals surface area contributed by atoms with Gasteiger partial charge in [-0.3, -0.25) is 0 Å². The number of carbonyl (C=O) groups excluding carboxylic acids is 1. The number of rotatable bonds is 10. The zero-order valence-corrected chi connectivity index (χ0v) is 27.9. The van der Waals surface area contributed by atoms with Crippen LogP contribution in [-0.2, 0) is 16.9 Å². The maximum Gasteiger partial charge on any atom is 0.328 e. The van der Waals surface area contributed by atoms with Crippen molar-refractivity contribution in [1.82, 2.24) is 20.1 Å². The largest absolute Gasteiger partial charge is 0.425 e. The highest BCUT2D eigenvalue weighted by molar-refractivity contribution is 7.10. The van der Waals surface area contributed by atoms with Gasteiger partial charge in [-0.1, -0.05) is 37.3 Å². The Hall–Kier alpha value is -4.63. The van der Waals surface area contributed by atoms with Crippen LogP contribution in [0.4, 0.5) is 8.78 Å². The normalized spacial score (nSPS) is 17.7. The standard InChI is InChI=1S/C37H37F2N5O3S/c1-23-15-27(16-24(2)34(23)47-36(45)32-5-4-12-41-32)19-43-13-14-44(22-43)21-37(46,30-11-10-29(38)17-31(30)39)25(3)35-42-33(20-48-35)28-8-6-26(18-40)7-9-28/h6-11,13-17,20,25,32,41,46H,4-5,12,19,21-22H2,1-3H3/t25-,32-,37+/m0/s1. The summed E-state index contributed by atoms with van der Waals surface area (Å²) in [7, 11) is 0. The summed E-state index contributed by atoms with van der Waals surface area (Å²) in [6.07, 6.45) is 5.51. The predicted molar refractivity (Wildman–Crippen MR) is 180 cm³/mol. The van der Waals surface area contributed by atoms with Gasteiger partial charge in [-0.15, -0.1) is 11.3 Å². The molecule has 4 aromatic rings. The van der Waals surface area contributed by atoms with Gasteiger partial charge >= 0.3 is 5.97 Å². The Kier molecular flexibility index (Phi) is 9.60.